The quantitative estimate of drug-likeness (QED) is 0.790. The van der Waals surface area contributed by atoms with E-state index in [1.165, 1.54) is 0 Å². The number of anilines is 1. The van der Waals surface area contributed by atoms with E-state index in [-0.39, 0.29) is 0 Å². The van der Waals surface area contributed by atoms with Crippen molar-refractivity contribution in [2.24, 2.45) is 11.7 Å². The predicted octanol–water partition coefficient (Wildman–Crippen LogP) is 1.63. The van der Waals surface area contributed by atoms with Gasteiger partial charge >= 0.3 is 0 Å². The molecule has 3 heteroatoms. The second-order valence-electron chi connectivity index (χ2n) is 4.00. The van der Waals surface area contributed by atoms with Gasteiger partial charge in [0, 0.05) is 26.3 Å². The molecule has 0 bridgehead atoms. The second kappa shape index (κ2) is 4.96. The lowest BCUT2D eigenvalue weighted by atomic mass is 10.2. The average Bonchev–Trinajstić information content (AvgIpc) is 2.17. The van der Waals surface area contributed by atoms with Gasteiger partial charge in [-0.05, 0) is 17.5 Å². The SMILES string of the molecule is CC(C)CN(C)c1ccc(CN)cn1. The number of nitrogens with two attached hydrogens (primary N) is 1. The molecule has 78 valence electrons. The molecule has 0 fully saturated rings. The summed E-state index contributed by atoms with van der Waals surface area (Å²) in [4.78, 5) is 6.51. The highest BCUT2D eigenvalue weighted by molar-refractivity contribution is 5.38. The molecule has 0 saturated heterocycles. The summed E-state index contributed by atoms with van der Waals surface area (Å²) in [5.41, 5.74) is 6.58. The van der Waals surface area contributed by atoms with Gasteiger partial charge in [-0.15, -0.1) is 0 Å². The van der Waals surface area contributed by atoms with Crippen LogP contribution in [0.5, 0.6) is 0 Å². The van der Waals surface area contributed by atoms with E-state index in [9.17, 15) is 0 Å². The van der Waals surface area contributed by atoms with Gasteiger partial charge in [-0.2, -0.15) is 0 Å². The first-order chi connectivity index (χ1) is 6.63. The number of nitrogens with zero attached hydrogens (tertiary/aromatic N) is 2. The number of hydrogen-bond acceptors (Lipinski definition) is 3. The molecule has 14 heavy (non-hydrogen) atoms. The van der Waals surface area contributed by atoms with E-state index in [0.717, 1.165) is 17.9 Å². The van der Waals surface area contributed by atoms with Gasteiger partial charge in [-0.25, -0.2) is 4.98 Å². The molecule has 0 atom stereocenters. The Bertz CT molecular complexity index is 266. The lowest BCUT2D eigenvalue weighted by molar-refractivity contribution is 0.634. The Hall–Kier alpha value is -1.09. The maximum Gasteiger partial charge on any atom is 0.128 e. The Morgan fingerprint density at radius 1 is 1.43 bits per heavy atom. The Labute approximate surface area is 85.9 Å². The Kier molecular flexibility index (Phi) is 3.89. The summed E-state index contributed by atoms with van der Waals surface area (Å²) in [6, 6.07) is 4.05. The first-order valence-electron chi connectivity index (χ1n) is 4.99. The first-order valence-corrected chi connectivity index (χ1v) is 4.99. The number of rotatable bonds is 4. The van der Waals surface area contributed by atoms with Gasteiger partial charge in [0.1, 0.15) is 5.82 Å². The Morgan fingerprint density at radius 2 is 2.14 bits per heavy atom. The molecular weight excluding hydrogens is 174 g/mol. The van der Waals surface area contributed by atoms with Crippen LogP contribution in [-0.4, -0.2) is 18.6 Å². The predicted molar refractivity (Wildman–Crippen MR) is 60.2 cm³/mol. The molecule has 1 aromatic heterocycles. The third-order valence-corrected chi connectivity index (χ3v) is 2.07. The van der Waals surface area contributed by atoms with Gasteiger partial charge in [-0.3, -0.25) is 0 Å². The Morgan fingerprint density at radius 3 is 2.57 bits per heavy atom. The van der Waals surface area contributed by atoms with Gasteiger partial charge in [0.25, 0.3) is 0 Å². The van der Waals surface area contributed by atoms with Crippen LogP contribution in [-0.2, 0) is 6.54 Å². The molecule has 0 saturated carbocycles. The van der Waals surface area contributed by atoms with Crippen LogP contribution in [0.3, 0.4) is 0 Å². The zero-order chi connectivity index (χ0) is 10.6. The summed E-state index contributed by atoms with van der Waals surface area (Å²) in [5.74, 6) is 1.66. The largest absolute Gasteiger partial charge is 0.359 e. The summed E-state index contributed by atoms with van der Waals surface area (Å²) in [5, 5.41) is 0. The standard InChI is InChI=1S/C11H19N3/c1-9(2)8-14(3)11-5-4-10(6-12)7-13-11/h4-5,7,9H,6,8,12H2,1-3H3. The molecule has 0 radical (unpaired) electrons. The average molecular weight is 193 g/mol. The third-order valence-electron chi connectivity index (χ3n) is 2.07. The van der Waals surface area contributed by atoms with Crippen molar-refractivity contribution in [3.63, 3.8) is 0 Å². The van der Waals surface area contributed by atoms with Crippen LogP contribution < -0.4 is 10.6 Å². The highest BCUT2D eigenvalue weighted by atomic mass is 15.2. The van der Waals surface area contributed by atoms with Crippen LogP contribution in [0.25, 0.3) is 0 Å². The zero-order valence-electron chi connectivity index (χ0n) is 9.20. The summed E-state index contributed by atoms with van der Waals surface area (Å²) in [6.07, 6.45) is 1.84. The summed E-state index contributed by atoms with van der Waals surface area (Å²) >= 11 is 0. The highest BCUT2D eigenvalue weighted by Gasteiger charge is 2.03. The van der Waals surface area contributed by atoms with Crippen molar-refractivity contribution in [2.75, 3.05) is 18.5 Å². The molecule has 2 N–H and O–H groups in total. The van der Waals surface area contributed by atoms with E-state index in [4.69, 9.17) is 5.73 Å². The summed E-state index contributed by atoms with van der Waals surface area (Å²) in [6.45, 7) is 5.98. The van der Waals surface area contributed by atoms with Crippen LogP contribution in [0.2, 0.25) is 0 Å². The summed E-state index contributed by atoms with van der Waals surface area (Å²) < 4.78 is 0. The molecule has 3 nitrogen and oxygen atoms in total. The molecule has 0 spiro atoms. The van der Waals surface area contributed by atoms with E-state index in [2.05, 4.69) is 30.8 Å². The normalized spacial score (nSPS) is 10.6. The number of pyridine rings is 1. The van der Waals surface area contributed by atoms with E-state index in [0.29, 0.717) is 12.5 Å². The van der Waals surface area contributed by atoms with Crippen LogP contribution >= 0.6 is 0 Å². The number of aromatic nitrogens is 1. The van der Waals surface area contributed by atoms with Crippen LogP contribution in [0.4, 0.5) is 5.82 Å². The molecule has 0 aliphatic heterocycles. The van der Waals surface area contributed by atoms with E-state index in [1.54, 1.807) is 0 Å². The van der Waals surface area contributed by atoms with E-state index in [1.807, 2.05) is 18.3 Å². The molecule has 0 unspecified atom stereocenters. The molecule has 0 amide bonds. The van der Waals surface area contributed by atoms with Gasteiger partial charge < -0.3 is 10.6 Å². The molecule has 1 heterocycles. The fraction of sp³-hybridized carbons (Fsp3) is 0.545. The molecule has 1 aromatic rings. The summed E-state index contributed by atoms with van der Waals surface area (Å²) in [7, 11) is 2.06. The molecule has 0 aliphatic carbocycles. The fourth-order valence-corrected chi connectivity index (χ4v) is 1.40. The minimum Gasteiger partial charge on any atom is -0.359 e. The lowest BCUT2D eigenvalue weighted by Crippen LogP contribution is -2.23. The highest BCUT2D eigenvalue weighted by Crippen LogP contribution is 2.10. The topological polar surface area (TPSA) is 42.1 Å². The van der Waals surface area contributed by atoms with E-state index >= 15 is 0 Å². The van der Waals surface area contributed by atoms with E-state index < -0.39 is 0 Å². The van der Waals surface area contributed by atoms with Crippen LogP contribution in [0.15, 0.2) is 18.3 Å². The van der Waals surface area contributed by atoms with Gasteiger partial charge in [0.15, 0.2) is 0 Å². The second-order valence-corrected chi connectivity index (χ2v) is 4.00. The maximum atomic E-state index is 5.50. The van der Waals surface area contributed by atoms with Crippen molar-refractivity contribution in [3.05, 3.63) is 23.9 Å². The maximum absolute atomic E-state index is 5.50. The lowest BCUT2D eigenvalue weighted by Gasteiger charge is -2.20. The number of hydrogen-bond donors (Lipinski definition) is 1. The third kappa shape index (κ3) is 3.00. The Balaban J connectivity index is 2.66. The first kappa shape index (κ1) is 11.0. The van der Waals surface area contributed by atoms with Crippen molar-refractivity contribution >= 4 is 5.82 Å². The van der Waals surface area contributed by atoms with Crippen LogP contribution in [0.1, 0.15) is 19.4 Å². The molecule has 1 rings (SSSR count). The molecular formula is C11H19N3. The van der Waals surface area contributed by atoms with Gasteiger partial charge in [0.2, 0.25) is 0 Å². The minimum absolute atomic E-state index is 0.557. The van der Waals surface area contributed by atoms with Gasteiger partial charge in [0.05, 0.1) is 0 Å². The zero-order valence-corrected chi connectivity index (χ0v) is 9.20. The van der Waals surface area contributed by atoms with Crippen molar-refractivity contribution < 1.29 is 0 Å². The molecule has 0 aromatic carbocycles. The smallest absolute Gasteiger partial charge is 0.128 e. The fourth-order valence-electron chi connectivity index (χ4n) is 1.40. The van der Waals surface area contributed by atoms with Crippen molar-refractivity contribution in [1.82, 2.24) is 4.98 Å². The molecule has 0 aliphatic rings. The van der Waals surface area contributed by atoms with Crippen molar-refractivity contribution in [1.29, 1.82) is 0 Å². The van der Waals surface area contributed by atoms with Crippen LogP contribution in [0, 0.1) is 5.92 Å². The monoisotopic (exact) mass is 193 g/mol. The van der Waals surface area contributed by atoms with Crippen molar-refractivity contribution in [3.8, 4) is 0 Å². The van der Waals surface area contributed by atoms with Gasteiger partial charge in [-0.1, -0.05) is 19.9 Å². The van der Waals surface area contributed by atoms with Crippen molar-refractivity contribution in [2.45, 2.75) is 20.4 Å². The minimum atomic E-state index is 0.557.